The molecule has 0 saturated heterocycles. The molecule has 2 rings (SSSR count). The van der Waals surface area contributed by atoms with Crippen LogP contribution in [0.3, 0.4) is 0 Å². The van der Waals surface area contributed by atoms with Crippen molar-refractivity contribution in [3.63, 3.8) is 0 Å². The molecule has 2 N–H and O–H groups in total. The van der Waals surface area contributed by atoms with Crippen molar-refractivity contribution in [2.24, 2.45) is 5.73 Å². The van der Waals surface area contributed by atoms with E-state index in [4.69, 9.17) is 5.73 Å². The first-order valence-electron chi connectivity index (χ1n) is 6.37. The van der Waals surface area contributed by atoms with Gasteiger partial charge in [-0.1, -0.05) is 30.3 Å². The Morgan fingerprint density at radius 1 is 1.26 bits per heavy atom. The molecule has 4 heteroatoms. The van der Waals surface area contributed by atoms with Crippen molar-refractivity contribution < 1.29 is 4.79 Å². The fourth-order valence-corrected chi connectivity index (χ4v) is 2.09. The van der Waals surface area contributed by atoms with E-state index in [2.05, 4.69) is 5.10 Å². The van der Waals surface area contributed by atoms with Crippen LogP contribution >= 0.6 is 0 Å². The normalized spacial score (nSPS) is 14.4. The summed E-state index contributed by atoms with van der Waals surface area (Å²) < 4.78 is 1.70. The molecule has 0 bridgehead atoms. The molecule has 1 aromatic heterocycles. The predicted molar refractivity (Wildman–Crippen MR) is 74.9 cm³/mol. The number of nitrogens with zero attached hydrogens (tertiary/aromatic N) is 2. The van der Waals surface area contributed by atoms with Crippen molar-refractivity contribution in [2.75, 3.05) is 0 Å². The monoisotopic (exact) mass is 257 g/mol. The molecule has 19 heavy (non-hydrogen) atoms. The molecule has 1 unspecified atom stereocenters. The Morgan fingerprint density at radius 2 is 1.89 bits per heavy atom. The van der Waals surface area contributed by atoms with Crippen LogP contribution in [0.4, 0.5) is 0 Å². The van der Waals surface area contributed by atoms with Crippen LogP contribution in [0.5, 0.6) is 0 Å². The molecule has 0 spiro atoms. The van der Waals surface area contributed by atoms with E-state index in [9.17, 15) is 4.79 Å². The molecule has 1 aromatic carbocycles. The Balaban J connectivity index is 2.41. The second-order valence-corrected chi connectivity index (χ2v) is 5.15. The fraction of sp³-hybridized carbons (Fsp3) is 0.333. The Hall–Kier alpha value is -1.94. The van der Waals surface area contributed by atoms with Gasteiger partial charge in [-0.3, -0.25) is 9.48 Å². The van der Waals surface area contributed by atoms with Gasteiger partial charge in [0.2, 0.25) is 5.78 Å². The molecule has 0 amide bonds. The number of Topliss-reactive ketones (excluding diaryl/α,β-unsaturated/α-hetero) is 1. The van der Waals surface area contributed by atoms with E-state index < -0.39 is 5.54 Å². The molecular formula is C15H19N3O. The predicted octanol–water partition coefficient (Wildman–Crippen LogP) is 2.52. The van der Waals surface area contributed by atoms with E-state index in [1.165, 1.54) is 0 Å². The lowest BCUT2D eigenvalue weighted by Gasteiger charge is -2.24. The lowest BCUT2D eigenvalue weighted by molar-refractivity contribution is 0.0886. The van der Waals surface area contributed by atoms with Crippen LogP contribution in [0.25, 0.3) is 0 Å². The molecule has 0 aliphatic heterocycles. The number of benzene rings is 1. The third kappa shape index (κ3) is 2.44. The van der Waals surface area contributed by atoms with Crippen LogP contribution in [0.15, 0.2) is 42.6 Å². The number of nitrogens with two attached hydrogens (primary N) is 1. The zero-order valence-corrected chi connectivity index (χ0v) is 11.5. The summed E-state index contributed by atoms with van der Waals surface area (Å²) in [5.41, 5.74) is 6.55. The number of hydrogen-bond acceptors (Lipinski definition) is 3. The summed E-state index contributed by atoms with van der Waals surface area (Å²) in [6.07, 6.45) is 1.63. The van der Waals surface area contributed by atoms with E-state index in [-0.39, 0.29) is 11.8 Å². The number of ketones is 1. The van der Waals surface area contributed by atoms with Crippen LogP contribution in [-0.4, -0.2) is 15.6 Å². The third-order valence-electron chi connectivity index (χ3n) is 3.24. The summed E-state index contributed by atoms with van der Waals surface area (Å²) in [6.45, 7) is 5.71. The minimum Gasteiger partial charge on any atom is -0.315 e. The van der Waals surface area contributed by atoms with E-state index in [0.717, 1.165) is 5.56 Å². The molecule has 0 saturated carbocycles. The summed E-state index contributed by atoms with van der Waals surface area (Å²) in [6, 6.07) is 11.3. The van der Waals surface area contributed by atoms with E-state index in [1.807, 2.05) is 44.2 Å². The highest BCUT2D eigenvalue weighted by Crippen LogP contribution is 2.23. The smallest absolute Gasteiger partial charge is 0.204 e. The van der Waals surface area contributed by atoms with Gasteiger partial charge in [-0.05, 0) is 32.4 Å². The highest BCUT2D eigenvalue weighted by atomic mass is 16.1. The van der Waals surface area contributed by atoms with Crippen molar-refractivity contribution >= 4 is 5.78 Å². The number of hydrogen-bond donors (Lipinski definition) is 1. The lowest BCUT2D eigenvalue weighted by atomic mass is 9.87. The van der Waals surface area contributed by atoms with Crippen LogP contribution in [0.2, 0.25) is 0 Å². The highest BCUT2D eigenvalue weighted by molar-refractivity contribution is 6.02. The fourth-order valence-electron chi connectivity index (χ4n) is 2.09. The van der Waals surface area contributed by atoms with Gasteiger partial charge < -0.3 is 5.73 Å². The standard InChI is InChI=1S/C15H19N3O/c1-11(2)18-13(9-10-17-18)14(19)15(3,16)12-7-5-4-6-8-12/h4-11H,16H2,1-3H3. The second-order valence-electron chi connectivity index (χ2n) is 5.15. The summed E-state index contributed by atoms with van der Waals surface area (Å²) in [4.78, 5) is 12.7. The molecule has 4 nitrogen and oxygen atoms in total. The van der Waals surface area contributed by atoms with Crippen LogP contribution in [0.1, 0.15) is 42.9 Å². The Kier molecular flexibility index (Phi) is 3.53. The average Bonchev–Trinajstić information content (AvgIpc) is 2.88. The van der Waals surface area contributed by atoms with Gasteiger partial charge in [-0.2, -0.15) is 5.10 Å². The summed E-state index contributed by atoms with van der Waals surface area (Å²) in [5, 5.41) is 4.18. The minimum absolute atomic E-state index is 0.120. The first kappa shape index (κ1) is 13.5. The van der Waals surface area contributed by atoms with E-state index in [0.29, 0.717) is 5.69 Å². The van der Waals surface area contributed by atoms with E-state index >= 15 is 0 Å². The molecule has 100 valence electrons. The second kappa shape index (κ2) is 4.97. The van der Waals surface area contributed by atoms with Crippen molar-refractivity contribution in [3.05, 3.63) is 53.9 Å². The van der Waals surface area contributed by atoms with Gasteiger partial charge >= 0.3 is 0 Å². The summed E-state index contributed by atoms with van der Waals surface area (Å²) in [7, 11) is 0. The van der Waals surface area contributed by atoms with Gasteiger partial charge in [0.15, 0.2) is 0 Å². The zero-order chi connectivity index (χ0) is 14.0. The SMILES string of the molecule is CC(C)n1nccc1C(=O)C(C)(N)c1ccccc1. The third-order valence-corrected chi connectivity index (χ3v) is 3.24. The topological polar surface area (TPSA) is 60.9 Å². The minimum atomic E-state index is -1.05. The summed E-state index contributed by atoms with van der Waals surface area (Å²) in [5.74, 6) is -0.120. The van der Waals surface area contributed by atoms with Gasteiger partial charge in [0.1, 0.15) is 11.2 Å². The molecular weight excluding hydrogens is 238 g/mol. The van der Waals surface area contributed by atoms with Gasteiger partial charge in [0, 0.05) is 12.2 Å². The molecule has 0 aliphatic carbocycles. The lowest BCUT2D eigenvalue weighted by Crippen LogP contribution is -2.43. The van der Waals surface area contributed by atoms with Gasteiger partial charge in [-0.15, -0.1) is 0 Å². The van der Waals surface area contributed by atoms with Crippen LogP contribution in [0, 0.1) is 0 Å². The van der Waals surface area contributed by atoms with Crippen molar-refractivity contribution in [3.8, 4) is 0 Å². The molecule has 1 heterocycles. The first-order chi connectivity index (χ1) is 8.94. The molecule has 1 atom stereocenters. The summed E-state index contributed by atoms with van der Waals surface area (Å²) >= 11 is 0. The van der Waals surface area contributed by atoms with Crippen molar-refractivity contribution in [2.45, 2.75) is 32.4 Å². The van der Waals surface area contributed by atoms with Gasteiger partial charge in [-0.25, -0.2) is 0 Å². The van der Waals surface area contributed by atoms with E-state index in [1.54, 1.807) is 23.9 Å². The largest absolute Gasteiger partial charge is 0.315 e. The van der Waals surface area contributed by atoms with Crippen LogP contribution < -0.4 is 5.73 Å². The molecule has 0 aliphatic rings. The number of rotatable bonds is 4. The van der Waals surface area contributed by atoms with Gasteiger partial charge in [0.05, 0.1) is 0 Å². The van der Waals surface area contributed by atoms with Crippen LogP contribution in [-0.2, 0) is 5.54 Å². The number of aromatic nitrogens is 2. The zero-order valence-electron chi connectivity index (χ0n) is 11.5. The maximum absolute atomic E-state index is 12.7. The Labute approximate surface area is 113 Å². The first-order valence-corrected chi connectivity index (χ1v) is 6.37. The van der Waals surface area contributed by atoms with Crippen molar-refractivity contribution in [1.82, 2.24) is 9.78 Å². The maximum atomic E-state index is 12.7. The average molecular weight is 257 g/mol. The highest BCUT2D eigenvalue weighted by Gasteiger charge is 2.33. The molecule has 0 radical (unpaired) electrons. The Bertz CT molecular complexity index is 570. The Morgan fingerprint density at radius 3 is 2.47 bits per heavy atom. The number of carbonyl (C=O) groups excluding carboxylic acids is 1. The maximum Gasteiger partial charge on any atom is 0.204 e. The molecule has 0 fully saturated rings. The van der Waals surface area contributed by atoms with Gasteiger partial charge in [0.25, 0.3) is 0 Å². The quantitative estimate of drug-likeness (QED) is 0.856. The molecule has 2 aromatic rings. The number of carbonyl (C=O) groups is 1. The van der Waals surface area contributed by atoms with Crippen molar-refractivity contribution in [1.29, 1.82) is 0 Å².